The second kappa shape index (κ2) is 8.66. The molecular weight excluding hydrogens is 425 g/mol. The maximum absolute atomic E-state index is 13.0. The van der Waals surface area contributed by atoms with Crippen molar-refractivity contribution in [2.45, 2.75) is 38.6 Å². The zero-order chi connectivity index (χ0) is 22.1. The van der Waals surface area contributed by atoms with Crippen molar-refractivity contribution in [2.24, 2.45) is 0 Å². The van der Waals surface area contributed by atoms with E-state index in [1.807, 2.05) is 24.3 Å². The zero-order valence-electron chi connectivity index (χ0n) is 17.0. The second-order valence-corrected chi connectivity index (χ2v) is 8.39. The quantitative estimate of drug-likeness (QED) is 0.617. The monoisotopic (exact) mass is 447 g/mol. The summed E-state index contributed by atoms with van der Waals surface area (Å²) in [5.41, 5.74) is 0.815. The Morgan fingerprint density at radius 1 is 1.17 bits per heavy atom. The number of halogens is 2. The van der Waals surface area contributed by atoms with E-state index in [1.54, 1.807) is 19.1 Å². The van der Waals surface area contributed by atoms with Gasteiger partial charge in [0.05, 0.1) is 0 Å². The first kappa shape index (κ1) is 22.1. The summed E-state index contributed by atoms with van der Waals surface area (Å²) in [6.07, 6.45) is 1.02. The third-order valence-electron chi connectivity index (χ3n) is 5.42. The largest absolute Gasteiger partial charge is 0.325 e. The molecule has 8 heteroatoms. The molecule has 2 aromatic rings. The lowest BCUT2D eigenvalue weighted by Gasteiger charge is -2.23. The normalized spacial score (nSPS) is 19.6. The maximum Gasteiger partial charge on any atom is 0.325 e. The van der Waals surface area contributed by atoms with E-state index in [0.717, 1.165) is 11.3 Å². The van der Waals surface area contributed by atoms with Crippen molar-refractivity contribution in [2.75, 3.05) is 11.9 Å². The number of carbonyl (C=O) groups excluding carboxylic acids is 3. The van der Waals surface area contributed by atoms with Crippen LogP contribution in [-0.4, -0.2) is 29.3 Å². The predicted molar refractivity (Wildman–Crippen MR) is 118 cm³/mol. The number of carbonyl (C=O) groups is 3. The van der Waals surface area contributed by atoms with Crippen molar-refractivity contribution in [1.82, 2.24) is 10.2 Å². The Kier molecular flexibility index (Phi) is 6.38. The molecule has 2 aromatic carbocycles. The molecule has 1 fully saturated rings. The van der Waals surface area contributed by atoms with Gasteiger partial charge in [0.15, 0.2) is 0 Å². The summed E-state index contributed by atoms with van der Waals surface area (Å²) >= 11 is 12.2. The minimum Gasteiger partial charge on any atom is -0.325 e. The van der Waals surface area contributed by atoms with E-state index in [0.29, 0.717) is 22.2 Å². The van der Waals surface area contributed by atoms with Gasteiger partial charge in [-0.1, -0.05) is 55.2 Å². The first-order valence-corrected chi connectivity index (χ1v) is 10.4. The second-order valence-electron chi connectivity index (χ2n) is 7.55. The van der Waals surface area contributed by atoms with Crippen molar-refractivity contribution in [3.63, 3.8) is 0 Å². The van der Waals surface area contributed by atoms with Gasteiger partial charge in [0, 0.05) is 21.3 Å². The average Bonchev–Trinajstić information content (AvgIpc) is 2.91. The lowest BCUT2D eigenvalue weighted by Crippen LogP contribution is -2.42. The van der Waals surface area contributed by atoms with Crippen LogP contribution < -0.4 is 10.6 Å². The summed E-state index contributed by atoms with van der Waals surface area (Å²) in [6.45, 7) is 5.39. The first-order chi connectivity index (χ1) is 14.2. The van der Waals surface area contributed by atoms with E-state index in [1.165, 1.54) is 11.6 Å². The number of anilines is 1. The predicted octanol–water partition coefficient (Wildman–Crippen LogP) is 4.91. The highest BCUT2D eigenvalue weighted by atomic mass is 35.5. The van der Waals surface area contributed by atoms with Crippen molar-refractivity contribution < 1.29 is 14.4 Å². The van der Waals surface area contributed by atoms with Crippen LogP contribution in [0.15, 0.2) is 42.5 Å². The van der Waals surface area contributed by atoms with E-state index in [-0.39, 0.29) is 5.02 Å². The van der Waals surface area contributed by atoms with Crippen LogP contribution in [0.25, 0.3) is 0 Å². The average molecular weight is 448 g/mol. The Bertz CT molecular complexity index is 994. The van der Waals surface area contributed by atoms with E-state index in [4.69, 9.17) is 23.2 Å². The number of nitrogens with one attached hydrogen (secondary N) is 2. The van der Waals surface area contributed by atoms with Crippen LogP contribution in [0.1, 0.15) is 44.2 Å². The van der Waals surface area contributed by atoms with Crippen LogP contribution in [0.3, 0.4) is 0 Å². The fourth-order valence-electron chi connectivity index (χ4n) is 3.39. The molecule has 1 saturated heterocycles. The van der Waals surface area contributed by atoms with Gasteiger partial charge in [-0.05, 0) is 49.1 Å². The standard InChI is InChI=1S/C22H23Cl2N3O3/c1-4-13(2)14-5-8-16(9-6-14)25-19(28)12-27-20(29)22(3,26-21(27)30)17-10-7-15(23)11-18(17)24/h5-11,13H,4,12H2,1-3H3,(H,25,28)(H,26,30). The molecule has 3 rings (SSSR count). The lowest BCUT2D eigenvalue weighted by molar-refractivity contribution is -0.133. The Hall–Kier alpha value is -2.57. The van der Waals surface area contributed by atoms with Gasteiger partial charge in [0.2, 0.25) is 5.91 Å². The molecule has 6 nitrogen and oxygen atoms in total. The molecular formula is C22H23Cl2N3O3. The van der Waals surface area contributed by atoms with Crippen LogP contribution in [-0.2, 0) is 15.1 Å². The van der Waals surface area contributed by atoms with E-state index < -0.39 is 29.9 Å². The third kappa shape index (κ3) is 4.30. The van der Waals surface area contributed by atoms with Crippen molar-refractivity contribution in [1.29, 1.82) is 0 Å². The molecule has 1 aliphatic rings. The van der Waals surface area contributed by atoms with Crippen LogP contribution in [0.4, 0.5) is 10.5 Å². The molecule has 0 bridgehead atoms. The summed E-state index contributed by atoms with van der Waals surface area (Å²) in [4.78, 5) is 38.8. The van der Waals surface area contributed by atoms with Gasteiger partial charge >= 0.3 is 6.03 Å². The zero-order valence-corrected chi connectivity index (χ0v) is 18.5. The topological polar surface area (TPSA) is 78.5 Å². The number of imide groups is 1. The molecule has 1 aliphatic heterocycles. The minimum absolute atomic E-state index is 0.256. The highest BCUT2D eigenvalue weighted by Gasteiger charge is 2.50. The number of rotatable bonds is 6. The molecule has 0 saturated carbocycles. The molecule has 0 spiro atoms. The fraction of sp³-hybridized carbons (Fsp3) is 0.318. The van der Waals surface area contributed by atoms with E-state index in [9.17, 15) is 14.4 Å². The number of hydrogen-bond donors (Lipinski definition) is 2. The van der Waals surface area contributed by atoms with E-state index >= 15 is 0 Å². The molecule has 0 aliphatic carbocycles. The molecule has 0 radical (unpaired) electrons. The van der Waals surface area contributed by atoms with Crippen LogP contribution >= 0.6 is 23.2 Å². The van der Waals surface area contributed by atoms with Gasteiger partial charge in [-0.15, -0.1) is 0 Å². The molecule has 2 atom stereocenters. The Morgan fingerprint density at radius 2 is 1.83 bits per heavy atom. The molecule has 158 valence electrons. The highest BCUT2D eigenvalue weighted by Crippen LogP contribution is 2.35. The smallest absolute Gasteiger partial charge is 0.325 e. The van der Waals surface area contributed by atoms with Crippen LogP contribution in [0.2, 0.25) is 10.0 Å². The van der Waals surface area contributed by atoms with Crippen molar-refractivity contribution in [3.8, 4) is 0 Å². The van der Waals surface area contributed by atoms with Gasteiger partial charge in [-0.2, -0.15) is 0 Å². The molecule has 4 amide bonds. The summed E-state index contributed by atoms with van der Waals surface area (Å²) in [5.74, 6) is -0.599. The molecule has 1 heterocycles. The third-order valence-corrected chi connectivity index (χ3v) is 5.97. The van der Waals surface area contributed by atoms with Crippen LogP contribution in [0, 0.1) is 0 Å². The number of benzene rings is 2. The SMILES string of the molecule is CCC(C)c1ccc(NC(=O)CN2C(=O)NC(C)(c3ccc(Cl)cc3Cl)C2=O)cc1. The number of urea groups is 1. The van der Waals surface area contributed by atoms with Crippen molar-refractivity contribution in [3.05, 3.63) is 63.6 Å². The number of nitrogens with zero attached hydrogens (tertiary/aromatic N) is 1. The maximum atomic E-state index is 13.0. The van der Waals surface area contributed by atoms with Gasteiger partial charge in [0.1, 0.15) is 12.1 Å². The Balaban J connectivity index is 1.71. The molecule has 2 N–H and O–H groups in total. The van der Waals surface area contributed by atoms with Crippen LogP contribution in [0.5, 0.6) is 0 Å². The summed E-state index contributed by atoms with van der Waals surface area (Å²) < 4.78 is 0. The number of hydrogen-bond acceptors (Lipinski definition) is 3. The summed E-state index contributed by atoms with van der Waals surface area (Å²) in [6, 6.07) is 11.6. The summed E-state index contributed by atoms with van der Waals surface area (Å²) in [7, 11) is 0. The van der Waals surface area contributed by atoms with Gasteiger partial charge in [0.25, 0.3) is 5.91 Å². The Morgan fingerprint density at radius 3 is 2.43 bits per heavy atom. The number of amides is 4. The minimum atomic E-state index is -1.38. The lowest BCUT2D eigenvalue weighted by atomic mass is 9.92. The molecule has 2 unspecified atom stereocenters. The first-order valence-electron chi connectivity index (χ1n) is 9.65. The van der Waals surface area contributed by atoms with Gasteiger partial charge < -0.3 is 10.6 Å². The summed E-state index contributed by atoms with van der Waals surface area (Å²) in [5, 5.41) is 6.03. The Labute approximate surface area is 185 Å². The molecule has 0 aromatic heterocycles. The van der Waals surface area contributed by atoms with E-state index in [2.05, 4.69) is 24.5 Å². The fourth-order valence-corrected chi connectivity index (χ4v) is 3.99. The van der Waals surface area contributed by atoms with Crippen molar-refractivity contribution >= 4 is 46.7 Å². The van der Waals surface area contributed by atoms with Gasteiger partial charge in [-0.3, -0.25) is 14.5 Å². The van der Waals surface area contributed by atoms with Gasteiger partial charge in [-0.25, -0.2) is 4.79 Å². The molecule has 30 heavy (non-hydrogen) atoms. The highest BCUT2D eigenvalue weighted by molar-refractivity contribution is 6.35.